The molecule has 1 aliphatic carbocycles. The van der Waals surface area contributed by atoms with E-state index in [-0.39, 0.29) is 0 Å². The van der Waals surface area contributed by atoms with E-state index in [0.717, 1.165) is 62.2 Å². The van der Waals surface area contributed by atoms with Crippen LogP contribution in [0, 0.1) is 5.41 Å². The van der Waals surface area contributed by atoms with Gasteiger partial charge in [-0.15, -0.1) is 0 Å². The van der Waals surface area contributed by atoms with E-state index >= 15 is 0 Å². The fourth-order valence-corrected chi connectivity index (χ4v) is 3.23. The third kappa shape index (κ3) is 7.13. The van der Waals surface area contributed by atoms with Gasteiger partial charge in [0.2, 0.25) is 0 Å². The number of nitrogens with zero attached hydrogens (tertiary/aromatic N) is 1. The van der Waals surface area contributed by atoms with Gasteiger partial charge in [0, 0.05) is 32.7 Å². The molecule has 1 saturated carbocycles. The lowest BCUT2D eigenvalue weighted by molar-refractivity contribution is 0.128. The standard InChI is InChI=1S/C23H33N3O3/c1-3-28-16-13-23(11-12-23)18-26-22(24-14-10-21-5-4-15-29-21)25-17-19-6-8-20(27-2)9-7-19/h4-9,15H,3,10-14,16-18H2,1-2H3,(H2,24,25,26). The fraction of sp³-hybridized carbons (Fsp3) is 0.522. The van der Waals surface area contributed by atoms with E-state index in [1.807, 2.05) is 43.3 Å². The van der Waals surface area contributed by atoms with Crippen molar-refractivity contribution in [3.05, 3.63) is 54.0 Å². The molecular formula is C23H33N3O3. The first-order valence-corrected chi connectivity index (χ1v) is 10.5. The number of nitrogens with one attached hydrogen (secondary N) is 2. The summed E-state index contributed by atoms with van der Waals surface area (Å²) in [6.07, 6.45) is 6.15. The van der Waals surface area contributed by atoms with Crippen LogP contribution in [0.15, 0.2) is 52.1 Å². The van der Waals surface area contributed by atoms with Gasteiger partial charge in [-0.2, -0.15) is 0 Å². The molecule has 29 heavy (non-hydrogen) atoms. The van der Waals surface area contributed by atoms with Gasteiger partial charge in [0.05, 0.1) is 19.9 Å². The number of guanidine groups is 1. The van der Waals surface area contributed by atoms with Crippen molar-refractivity contribution >= 4 is 5.96 Å². The quantitative estimate of drug-likeness (QED) is 0.323. The zero-order chi connectivity index (χ0) is 20.4. The summed E-state index contributed by atoms with van der Waals surface area (Å²) in [5, 5.41) is 6.99. The molecule has 1 aromatic carbocycles. The second-order valence-corrected chi connectivity index (χ2v) is 7.57. The number of furan rings is 1. The van der Waals surface area contributed by atoms with Gasteiger partial charge in [0.25, 0.3) is 0 Å². The first-order valence-electron chi connectivity index (χ1n) is 10.5. The highest BCUT2D eigenvalue weighted by Crippen LogP contribution is 2.48. The third-order valence-corrected chi connectivity index (χ3v) is 5.39. The van der Waals surface area contributed by atoms with Crippen molar-refractivity contribution in [3.8, 4) is 5.75 Å². The summed E-state index contributed by atoms with van der Waals surface area (Å²) >= 11 is 0. The molecular weight excluding hydrogens is 366 g/mol. The Morgan fingerprint density at radius 2 is 2.00 bits per heavy atom. The van der Waals surface area contributed by atoms with Gasteiger partial charge in [0.1, 0.15) is 11.5 Å². The molecule has 0 atom stereocenters. The minimum Gasteiger partial charge on any atom is -0.497 e. The lowest BCUT2D eigenvalue weighted by atomic mass is 10.0. The molecule has 158 valence electrons. The van der Waals surface area contributed by atoms with Crippen LogP contribution in [-0.4, -0.2) is 39.4 Å². The Balaban J connectivity index is 1.54. The van der Waals surface area contributed by atoms with Gasteiger partial charge in [-0.05, 0) is 61.4 Å². The molecule has 0 amide bonds. The molecule has 2 aromatic rings. The summed E-state index contributed by atoms with van der Waals surface area (Å²) in [6.45, 7) is 5.98. The molecule has 0 radical (unpaired) electrons. The minimum absolute atomic E-state index is 0.360. The van der Waals surface area contributed by atoms with Crippen LogP contribution in [-0.2, 0) is 17.7 Å². The summed E-state index contributed by atoms with van der Waals surface area (Å²) in [7, 11) is 1.68. The highest BCUT2D eigenvalue weighted by Gasteiger charge is 2.41. The van der Waals surface area contributed by atoms with Crippen molar-refractivity contribution in [1.82, 2.24) is 10.6 Å². The topological polar surface area (TPSA) is 68.0 Å². The molecule has 1 aliphatic rings. The van der Waals surface area contributed by atoms with E-state index < -0.39 is 0 Å². The molecule has 1 aromatic heterocycles. The minimum atomic E-state index is 0.360. The van der Waals surface area contributed by atoms with Crippen molar-refractivity contribution < 1.29 is 13.9 Å². The van der Waals surface area contributed by atoms with E-state index in [1.165, 1.54) is 12.8 Å². The van der Waals surface area contributed by atoms with Crippen LogP contribution in [0.2, 0.25) is 0 Å². The molecule has 3 rings (SSSR count). The molecule has 6 nitrogen and oxygen atoms in total. The Morgan fingerprint density at radius 1 is 1.17 bits per heavy atom. The maximum absolute atomic E-state index is 5.55. The van der Waals surface area contributed by atoms with Crippen LogP contribution < -0.4 is 15.4 Å². The first-order chi connectivity index (χ1) is 14.2. The smallest absolute Gasteiger partial charge is 0.191 e. The van der Waals surface area contributed by atoms with Gasteiger partial charge in [-0.3, -0.25) is 0 Å². The van der Waals surface area contributed by atoms with Crippen LogP contribution in [0.5, 0.6) is 5.75 Å². The van der Waals surface area contributed by atoms with Crippen LogP contribution in [0.1, 0.15) is 37.5 Å². The van der Waals surface area contributed by atoms with Gasteiger partial charge in [-0.25, -0.2) is 4.99 Å². The second kappa shape index (κ2) is 10.9. The summed E-state index contributed by atoms with van der Waals surface area (Å²) in [5.74, 6) is 2.68. The SMILES string of the molecule is CCOCCC1(CNC(=NCc2ccc(OC)cc2)NCCc2ccco2)CC1. The van der Waals surface area contributed by atoms with Crippen LogP contribution in [0.4, 0.5) is 0 Å². The zero-order valence-corrected chi connectivity index (χ0v) is 17.6. The lowest BCUT2D eigenvalue weighted by Gasteiger charge is -2.19. The van der Waals surface area contributed by atoms with Gasteiger partial charge >= 0.3 is 0 Å². The zero-order valence-electron chi connectivity index (χ0n) is 17.6. The van der Waals surface area contributed by atoms with Crippen LogP contribution >= 0.6 is 0 Å². The average Bonchev–Trinajstić information content (AvgIpc) is 3.32. The Labute approximate surface area is 173 Å². The largest absolute Gasteiger partial charge is 0.497 e. The molecule has 0 unspecified atom stereocenters. The molecule has 1 fully saturated rings. The van der Waals surface area contributed by atoms with Crippen LogP contribution in [0.25, 0.3) is 0 Å². The Kier molecular flexibility index (Phi) is 7.99. The van der Waals surface area contributed by atoms with Gasteiger partial charge in [0.15, 0.2) is 5.96 Å². The summed E-state index contributed by atoms with van der Waals surface area (Å²) in [4.78, 5) is 4.79. The number of hydrogen-bond donors (Lipinski definition) is 2. The Morgan fingerprint density at radius 3 is 2.66 bits per heavy atom. The van der Waals surface area contributed by atoms with E-state index in [4.69, 9.17) is 18.9 Å². The Hall–Kier alpha value is -2.47. The first kappa shape index (κ1) is 21.2. The van der Waals surface area contributed by atoms with Crippen molar-refractivity contribution in [2.45, 2.75) is 39.2 Å². The predicted octanol–water partition coefficient (Wildman–Crippen LogP) is 3.77. The third-order valence-electron chi connectivity index (χ3n) is 5.39. The summed E-state index contributed by atoms with van der Waals surface area (Å²) in [5.41, 5.74) is 1.51. The van der Waals surface area contributed by atoms with Gasteiger partial charge in [-0.1, -0.05) is 12.1 Å². The predicted molar refractivity (Wildman–Crippen MR) is 115 cm³/mol. The number of hydrogen-bond acceptors (Lipinski definition) is 4. The normalized spacial score (nSPS) is 15.2. The fourth-order valence-electron chi connectivity index (χ4n) is 3.23. The number of rotatable bonds is 12. The molecule has 2 N–H and O–H groups in total. The van der Waals surface area contributed by atoms with Gasteiger partial charge < -0.3 is 24.5 Å². The number of methoxy groups -OCH3 is 1. The van der Waals surface area contributed by atoms with Crippen molar-refractivity contribution in [2.75, 3.05) is 33.4 Å². The number of benzene rings is 1. The summed E-state index contributed by atoms with van der Waals surface area (Å²) < 4.78 is 16.2. The second-order valence-electron chi connectivity index (χ2n) is 7.57. The van der Waals surface area contributed by atoms with E-state index in [9.17, 15) is 0 Å². The van der Waals surface area contributed by atoms with Crippen molar-refractivity contribution in [1.29, 1.82) is 0 Å². The maximum atomic E-state index is 5.55. The number of aliphatic imine (C=N–C) groups is 1. The molecule has 0 aliphatic heterocycles. The van der Waals surface area contributed by atoms with Crippen molar-refractivity contribution in [3.63, 3.8) is 0 Å². The lowest BCUT2D eigenvalue weighted by Crippen LogP contribution is -2.41. The van der Waals surface area contributed by atoms with Crippen molar-refractivity contribution in [2.24, 2.45) is 10.4 Å². The van der Waals surface area contributed by atoms with E-state index in [0.29, 0.717) is 12.0 Å². The Bertz CT molecular complexity index is 737. The number of ether oxygens (including phenoxy) is 2. The molecule has 0 spiro atoms. The average molecular weight is 400 g/mol. The molecule has 1 heterocycles. The maximum Gasteiger partial charge on any atom is 0.191 e. The highest BCUT2D eigenvalue weighted by molar-refractivity contribution is 5.79. The monoisotopic (exact) mass is 399 g/mol. The van der Waals surface area contributed by atoms with E-state index in [2.05, 4.69) is 10.6 Å². The summed E-state index contributed by atoms with van der Waals surface area (Å²) in [6, 6.07) is 11.9. The molecule has 6 heteroatoms. The molecule has 0 saturated heterocycles. The van der Waals surface area contributed by atoms with E-state index in [1.54, 1.807) is 13.4 Å². The van der Waals surface area contributed by atoms with Crippen LogP contribution in [0.3, 0.4) is 0 Å². The molecule has 0 bridgehead atoms. The highest BCUT2D eigenvalue weighted by atomic mass is 16.5.